The van der Waals surface area contributed by atoms with E-state index in [1.807, 2.05) is 6.92 Å². The van der Waals surface area contributed by atoms with Crippen LogP contribution >= 0.6 is 0 Å². The van der Waals surface area contributed by atoms with E-state index in [0.29, 0.717) is 0 Å². The van der Waals surface area contributed by atoms with Gasteiger partial charge in [0.25, 0.3) is 0 Å². The second-order valence-corrected chi connectivity index (χ2v) is 2.96. The minimum atomic E-state index is -0.343. The van der Waals surface area contributed by atoms with Crippen molar-refractivity contribution in [3.63, 3.8) is 0 Å². The van der Waals surface area contributed by atoms with Crippen molar-refractivity contribution in [1.82, 2.24) is 0 Å². The lowest BCUT2D eigenvalue weighted by molar-refractivity contribution is -0.192. The van der Waals surface area contributed by atoms with Crippen molar-refractivity contribution in [2.45, 2.75) is 32.0 Å². The third-order valence-corrected chi connectivity index (χ3v) is 1.96. The molecule has 2 heterocycles. The summed E-state index contributed by atoms with van der Waals surface area (Å²) in [6.07, 6.45) is 2.95. The first kappa shape index (κ1) is 6.16. The molecular formula is C7H11NO2. The highest BCUT2D eigenvalue weighted by molar-refractivity contribution is 5.83. The van der Waals surface area contributed by atoms with Crippen LogP contribution in [0.25, 0.3) is 0 Å². The average molecular weight is 141 g/mol. The fourth-order valence-corrected chi connectivity index (χ4v) is 1.50. The zero-order valence-electron chi connectivity index (χ0n) is 6.09. The second-order valence-electron chi connectivity index (χ2n) is 2.96. The molecule has 56 valence electrons. The summed E-state index contributed by atoms with van der Waals surface area (Å²) in [7, 11) is 0. The molecule has 0 aromatic rings. The topological polar surface area (TPSA) is 30.8 Å². The van der Waals surface area contributed by atoms with Crippen LogP contribution in [0.1, 0.15) is 26.2 Å². The fraction of sp³-hybridized carbons (Fsp3) is 0.857. The molecule has 2 rings (SSSR count). The first-order chi connectivity index (χ1) is 4.81. The van der Waals surface area contributed by atoms with E-state index >= 15 is 0 Å². The zero-order valence-corrected chi connectivity index (χ0v) is 6.09. The van der Waals surface area contributed by atoms with Crippen LogP contribution in [-0.2, 0) is 9.57 Å². The molecule has 0 aromatic heterocycles. The molecule has 1 saturated heterocycles. The third kappa shape index (κ3) is 0.814. The molecule has 1 unspecified atom stereocenters. The lowest BCUT2D eigenvalue weighted by Gasteiger charge is -2.18. The van der Waals surface area contributed by atoms with Crippen LogP contribution in [0, 0.1) is 0 Å². The summed E-state index contributed by atoms with van der Waals surface area (Å²) >= 11 is 0. The second kappa shape index (κ2) is 1.95. The van der Waals surface area contributed by atoms with Crippen molar-refractivity contribution in [3.05, 3.63) is 0 Å². The lowest BCUT2D eigenvalue weighted by Crippen LogP contribution is -2.26. The Labute approximate surface area is 60.0 Å². The number of ether oxygens (including phenoxy) is 1. The van der Waals surface area contributed by atoms with Crippen LogP contribution in [0.4, 0.5) is 0 Å². The Bertz CT molecular complexity index is 170. The van der Waals surface area contributed by atoms with Crippen LogP contribution in [-0.4, -0.2) is 18.1 Å². The molecule has 0 N–H and O–H groups in total. The minimum Gasteiger partial charge on any atom is -0.360 e. The molecule has 0 bridgehead atoms. The van der Waals surface area contributed by atoms with Crippen LogP contribution in [0.15, 0.2) is 5.16 Å². The van der Waals surface area contributed by atoms with Crippen molar-refractivity contribution in [1.29, 1.82) is 0 Å². The molecule has 1 fully saturated rings. The maximum atomic E-state index is 5.44. The smallest absolute Gasteiger partial charge is 0.242 e. The van der Waals surface area contributed by atoms with E-state index in [2.05, 4.69) is 5.16 Å². The highest BCUT2D eigenvalue weighted by Gasteiger charge is 2.41. The van der Waals surface area contributed by atoms with Crippen LogP contribution in [0.2, 0.25) is 0 Å². The van der Waals surface area contributed by atoms with E-state index in [4.69, 9.17) is 9.57 Å². The van der Waals surface area contributed by atoms with E-state index in [-0.39, 0.29) is 5.79 Å². The summed E-state index contributed by atoms with van der Waals surface area (Å²) in [5, 5.41) is 3.86. The molecule has 0 aliphatic carbocycles. The van der Waals surface area contributed by atoms with Crippen LogP contribution in [0.5, 0.6) is 0 Å². The zero-order chi connectivity index (χ0) is 7.03. The summed E-state index contributed by atoms with van der Waals surface area (Å²) in [5.41, 5.74) is 1.04. The first-order valence-electron chi connectivity index (χ1n) is 3.66. The number of hydrogen-bond acceptors (Lipinski definition) is 3. The number of hydrogen-bond donors (Lipinski definition) is 0. The van der Waals surface area contributed by atoms with Crippen molar-refractivity contribution >= 4 is 5.71 Å². The van der Waals surface area contributed by atoms with Gasteiger partial charge in [0, 0.05) is 6.42 Å². The number of nitrogens with zero attached hydrogens (tertiary/aromatic N) is 1. The minimum absolute atomic E-state index is 0.343. The molecule has 0 amide bonds. The van der Waals surface area contributed by atoms with Crippen molar-refractivity contribution < 1.29 is 9.57 Å². The monoisotopic (exact) mass is 141 g/mol. The van der Waals surface area contributed by atoms with Gasteiger partial charge in [0.2, 0.25) is 5.79 Å². The lowest BCUT2D eigenvalue weighted by atomic mass is 10.1. The highest BCUT2D eigenvalue weighted by atomic mass is 16.8. The Morgan fingerprint density at radius 1 is 1.60 bits per heavy atom. The Morgan fingerprint density at radius 3 is 3.00 bits per heavy atom. The molecule has 0 saturated carbocycles. The van der Waals surface area contributed by atoms with E-state index in [1.54, 1.807) is 0 Å². The van der Waals surface area contributed by atoms with Gasteiger partial charge in [-0.15, -0.1) is 0 Å². The Hall–Kier alpha value is -0.570. The first-order valence-corrected chi connectivity index (χ1v) is 3.66. The van der Waals surface area contributed by atoms with Gasteiger partial charge < -0.3 is 9.57 Å². The van der Waals surface area contributed by atoms with Gasteiger partial charge in [-0.25, -0.2) is 0 Å². The van der Waals surface area contributed by atoms with Gasteiger partial charge in [-0.1, -0.05) is 5.16 Å². The number of rotatable bonds is 0. The summed E-state index contributed by atoms with van der Waals surface area (Å²) in [6, 6.07) is 0. The summed E-state index contributed by atoms with van der Waals surface area (Å²) < 4.78 is 5.44. The number of oxime groups is 1. The van der Waals surface area contributed by atoms with Crippen molar-refractivity contribution in [2.24, 2.45) is 5.16 Å². The van der Waals surface area contributed by atoms with Crippen LogP contribution < -0.4 is 0 Å². The molecule has 3 nitrogen and oxygen atoms in total. The van der Waals surface area contributed by atoms with Crippen molar-refractivity contribution in [3.8, 4) is 0 Å². The maximum Gasteiger partial charge on any atom is 0.242 e. The van der Waals surface area contributed by atoms with Gasteiger partial charge >= 0.3 is 0 Å². The SMILES string of the molecule is CC1=NOC2(CCCO2)C1. The highest BCUT2D eigenvalue weighted by Crippen LogP contribution is 2.34. The molecule has 2 aliphatic rings. The standard InChI is InChI=1S/C7H11NO2/c1-6-5-7(10-8-6)3-2-4-9-7/h2-5H2,1H3. The van der Waals surface area contributed by atoms with Gasteiger partial charge in [0.15, 0.2) is 0 Å². The molecule has 1 spiro atoms. The van der Waals surface area contributed by atoms with Gasteiger partial charge in [-0.3, -0.25) is 0 Å². The molecule has 10 heavy (non-hydrogen) atoms. The summed E-state index contributed by atoms with van der Waals surface area (Å²) in [4.78, 5) is 5.18. The molecular weight excluding hydrogens is 130 g/mol. The normalized spacial score (nSPS) is 38.3. The molecule has 0 aromatic carbocycles. The third-order valence-electron chi connectivity index (χ3n) is 1.96. The quantitative estimate of drug-likeness (QED) is 0.509. The molecule has 1 atom stereocenters. The Balaban J connectivity index is 2.07. The van der Waals surface area contributed by atoms with E-state index in [1.165, 1.54) is 0 Å². The fourth-order valence-electron chi connectivity index (χ4n) is 1.50. The van der Waals surface area contributed by atoms with Crippen molar-refractivity contribution in [2.75, 3.05) is 6.61 Å². The van der Waals surface area contributed by atoms with Gasteiger partial charge in [-0.2, -0.15) is 0 Å². The van der Waals surface area contributed by atoms with Gasteiger partial charge in [0.05, 0.1) is 18.7 Å². The van der Waals surface area contributed by atoms with E-state index < -0.39 is 0 Å². The molecule has 2 aliphatic heterocycles. The predicted octanol–water partition coefficient (Wildman–Crippen LogP) is 1.29. The Morgan fingerprint density at radius 2 is 2.50 bits per heavy atom. The molecule has 3 heteroatoms. The predicted molar refractivity (Wildman–Crippen MR) is 36.7 cm³/mol. The Kier molecular flexibility index (Phi) is 1.20. The van der Waals surface area contributed by atoms with Gasteiger partial charge in [0.1, 0.15) is 0 Å². The maximum absolute atomic E-state index is 5.44. The van der Waals surface area contributed by atoms with Crippen LogP contribution in [0.3, 0.4) is 0 Å². The van der Waals surface area contributed by atoms with E-state index in [9.17, 15) is 0 Å². The largest absolute Gasteiger partial charge is 0.360 e. The summed E-state index contributed by atoms with van der Waals surface area (Å²) in [5.74, 6) is -0.343. The van der Waals surface area contributed by atoms with E-state index in [0.717, 1.165) is 31.6 Å². The molecule has 0 radical (unpaired) electrons. The summed E-state index contributed by atoms with van der Waals surface area (Å²) in [6.45, 7) is 2.79. The average Bonchev–Trinajstić information content (AvgIpc) is 2.46. The van der Waals surface area contributed by atoms with Gasteiger partial charge in [-0.05, 0) is 13.3 Å².